The van der Waals surface area contributed by atoms with E-state index >= 15 is 0 Å². The van der Waals surface area contributed by atoms with Crippen molar-refractivity contribution in [3.63, 3.8) is 0 Å². The highest BCUT2D eigenvalue weighted by Crippen LogP contribution is 2.16. The van der Waals surface area contributed by atoms with Crippen molar-refractivity contribution in [1.29, 1.82) is 0 Å². The van der Waals surface area contributed by atoms with Gasteiger partial charge in [0.25, 0.3) is 0 Å². The second kappa shape index (κ2) is 6.85. The molecule has 102 valence electrons. The van der Waals surface area contributed by atoms with Crippen LogP contribution >= 0.6 is 0 Å². The van der Waals surface area contributed by atoms with Crippen molar-refractivity contribution >= 4 is 11.8 Å². The lowest BCUT2D eigenvalue weighted by Crippen LogP contribution is -1.91. The van der Waals surface area contributed by atoms with Crippen LogP contribution in [0.15, 0.2) is 59.6 Å². The first-order valence-corrected chi connectivity index (χ1v) is 6.94. The van der Waals surface area contributed by atoms with E-state index in [9.17, 15) is 0 Å². The number of allylic oxidation sites excluding steroid dienone is 2. The van der Waals surface area contributed by atoms with E-state index in [1.807, 2.05) is 13.3 Å². The Morgan fingerprint density at radius 2 is 1.70 bits per heavy atom. The van der Waals surface area contributed by atoms with Crippen LogP contribution in [0.3, 0.4) is 0 Å². The Morgan fingerprint density at radius 3 is 2.35 bits per heavy atom. The van der Waals surface area contributed by atoms with Gasteiger partial charge in [0.1, 0.15) is 0 Å². The minimum absolute atomic E-state index is 0.932. The molecule has 0 unspecified atom stereocenters. The predicted molar refractivity (Wildman–Crippen MR) is 88.5 cm³/mol. The topological polar surface area (TPSA) is 12.4 Å². The molecule has 0 spiro atoms. The summed E-state index contributed by atoms with van der Waals surface area (Å²) in [5.41, 5.74) is 6.37. The summed E-state index contributed by atoms with van der Waals surface area (Å²) in [4.78, 5) is 4.18. The van der Waals surface area contributed by atoms with E-state index in [1.165, 1.54) is 27.8 Å². The number of aliphatic imine (C=N–C) groups is 1. The summed E-state index contributed by atoms with van der Waals surface area (Å²) in [6.07, 6.45) is 5.12. The van der Waals surface area contributed by atoms with E-state index in [2.05, 4.69) is 73.4 Å². The summed E-state index contributed by atoms with van der Waals surface area (Å²) in [6.45, 7) is 4.26. The van der Waals surface area contributed by atoms with Crippen molar-refractivity contribution in [2.45, 2.75) is 20.3 Å². The average molecular weight is 263 g/mol. The minimum atomic E-state index is 0.932. The Balaban J connectivity index is 2.27. The van der Waals surface area contributed by atoms with Crippen LogP contribution in [0.1, 0.15) is 22.3 Å². The van der Waals surface area contributed by atoms with Gasteiger partial charge in [-0.15, -0.1) is 0 Å². The van der Waals surface area contributed by atoms with Gasteiger partial charge in [-0.2, -0.15) is 0 Å². The monoisotopic (exact) mass is 263 g/mol. The molecular weight excluding hydrogens is 242 g/mol. The maximum Gasteiger partial charge on any atom is 0.0284 e. The smallest absolute Gasteiger partial charge is 0.0284 e. The molecule has 1 nitrogen and oxygen atoms in total. The Labute approximate surface area is 121 Å². The van der Waals surface area contributed by atoms with Crippen LogP contribution in [0.4, 0.5) is 0 Å². The third-order valence-corrected chi connectivity index (χ3v) is 3.46. The van der Waals surface area contributed by atoms with Crippen molar-refractivity contribution in [3.05, 3.63) is 76.9 Å². The molecule has 0 aliphatic heterocycles. The summed E-state index contributed by atoms with van der Waals surface area (Å²) < 4.78 is 0. The molecule has 2 aromatic rings. The van der Waals surface area contributed by atoms with Crippen LogP contribution in [-0.4, -0.2) is 13.3 Å². The predicted octanol–water partition coefficient (Wildman–Crippen LogP) is 4.63. The van der Waals surface area contributed by atoms with Gasteiger partial charge in [0.05, 0.1) is 0 Å². The summed E-state index contributed by atoms with van der Waals surface area (Å²) in [7, 11) is 1.82. The molecule has 0 radical (unpaired) electrons. The van der Waals surface area contributed by atoms with E-state index < -0.39 is 0 Å². The van der Waals surface area contributed by atoms with Crippen LogP contribution in [0.2, 0.25) is 0 Å². The quantitative estimate of drug-likeness (QED) is 0.713. The minimum Gasteiger partial charge on any atom is -0.296 e. The fourth-order valence-corrected chi connectivity index (χ4v) is 2.19. The lowest BCUT2D eigenvalue weighted by atomic mass is 10.0. The fraction of sp³-hybridized carbons (Fsp3) is 0.211. The second-order valence-corrected chi connectivity index (χ2v) is 5.04. The molecule has 0 fully saturated rings. The largest absolute Gasteiger partial charge is 0.296 e. The van der Waals surface area contributed by atoms with Gasteiger partial charge in [-0.05, 0) is 42.5 Å². The molecule has 0 aromatic heterocycles. The number of hydrogen-bond acceptors (Lipinski definition) is 1. The zero-order chi connectivity index (χ0) is 14.4. The zero-order valence-electron chi connectivity index (χ0n) is 12.4. The van der Waals surface area contributed by atoms with Gasteiger partial charge in [-0.1, -0.05) is 60.2 Å². The van der Waals surface area contributed by atoms with Gasteiger partial charge in [-0.25, -0.2) is 0 Å². The Bertz CT molecular complexity index is 618. The molecule has 0 amide bonds. The Hall–Kier alpha value is -2.15. The fourth-order valence-electron chi connectivity index (χ4n) is 2.19. The number of benzene rings is 2. The highest BCUT2D eigenvalue weighted by Gasteiger charge is 2.00. The van der Waals surface area contributed by atoms with Crippen molar-refractivity contribution in [1.82, 2.24) is 0 Å². The van der Waals surface area contributed by atoms with Gasteiger partial charge >= 0.3 is 0 Å². The SMILES string of the molecule is CN=C/C(=C\Cc1ccccc1C)c1ccc(C)cc1. The summed E-state index contributed by atoms with van der Waals surface area (Å²) in [6, 6.07) is 17.1. The molecule has 1 heteroatoms. The normalized spacial score (nSPS) is 12.1. The van der Waals surface area contributed by atoms with Crippen LogP contribution in [0, 0.1) is 13.8 Å². The van der Waals surface area contributed by atoms with E-state index in [-0.39, 0.29) is 0 Å². The first-order valence-electron chi connectivity index (χ1n) is 6.94. The molecule has 0 N–H and O–H groups in total. The molecule has 0 saturated heterocycles. The number of nitrogens with zero attached hydrogens (tertiary/aromatic N) is 1. The molecule has 0 heterocycles. The van der Waals surface area contributed by atoms with Crippen molar-refractivity contribution in [2.75, 3.05) is 7.05 Å². The molecule has 0 saturated carbocycles. The lowest BCUT2D eigenvalue weighted by Gasteiger charge is -2.05. The maximum absolute atomic E-state index is 4.18. The Kier molecular flexibility index (Phi) is 4.89. The summed E-state index contributed by atoms with van der Waals surface area (Å²) in [5.74, 6) is 0. The standard InChI is InChI=1S/C19H21N/c1-15-8-10-18(11-9-15)19(14-20-3)13-12-17-7-5-4-6-16(17)2/h4-11,13-14H,12H2,1-3H3/b19-13+,20-14?. The number of rotatable bonds is 4. The number of aryl methyl sites for hydroxylation is 2. The second-order valence-electron chi connectivity index (χ2n) is 5.04. The highest BCUT2D eigenvalue weighted by molar-refractivity contribution is 6.09. The third kappa shape index (κ3) is 3.67. The summed E-state index contributed by atoms with van der Waals surface area (Å²) in [5, 5.41) is 0. The van der Waals surface area contributed by atoms with Gasteiger partial charge in [0, 0.05) is 13.3 Å². The lowest BCUT2D eigenvalue weighted by molar-refractivity contribution is 1.22. The average Bonchev–Trinajstić information content (AvgIpc) is 2.46. The van der Waals surface area contributed by atoms with Crippen LogP contribution in [-0.2, 0) is 6.42 Å². The molecule has 20 heavy (non-hydrogen) atoms. The zero-order valence-corrected chi connectivity index (χ0v) is 12.4. The van der Waals surface area contributed by atoms with Gasteiger partial charge in [0.15, 0.2) is 0 Å². The highest BCUT2D eigenvalue weighted by atomic mass is 14.6. The summed E-state index contributed by atoms with van der Waals surface area (Å²) >= 11 is 0. The van der Waals surface area contributed by atoms with Crippen LogP contribution in [0.5, 0.6) is 0 Å². The van der Waals surface area contributed by atoms with Crippen molar-refractivity contribution in [3.8, 4) is 0 Å². The first kappa shape index (κ1) is 14.3. The van der Waals surface area contributed by atoms with Crippen LogP contribution in [0.25, 0.3) is 5.57 Å². The molecule has 0 atom stereocenters. The van der Waals surface area contributed by atoms with Crippen molar-refractivity contribution in [2.24, 2.45) is 4.99 Å². The van der Waals surface area contributed by atoms with E-state index in [0.717, 1.165) is 6.42 Å². The van der Waals surface area contributed by atoms with Gasteiger partial charge in [0.2, 0.25) is 0 Å². The van der Waals surface area contributed by atoms with E-state index in [1.54, 1.807) is 0 Å². The first-order chi connectivity index (χ1) is 9.70. The molecule has 2 rings (SSSR count). The molecule has 0 aliphatic rings. The van der Waals surface area contributed by atoms with E-state index in [0.29, 0.717) is 0 Å². The third-order valence-electron chi connectivity index (χ3n) is 3.46. The van der Waals surface area contributed by atoms with Gasteiger partial charge < -0.3 is 0 Å². The maximum atomic E-state index is 4.18. The van der Waals surface area contributed by atoms with Crippen LogP contribution < -0.4 is 0 Å². The molecule has 2 aromatic carbocycles. The van der Waals surface area contributed by atoms with Crippen molar-refractivity contribution < 1.29 is 0 Å². The molecular formula is C19H21N. The molecule has 0 bridgehead atoms. The Morgan fingerprint density at radius 1 is 1.00 bits per heavy atom. The van der Waals surface area contributed by atoms with Gasteiger partial charge in [-0.3, -0.25) is 4.99 Å². The molecule has 0 aliphatic carbocycles. The number of hydrogen-bond donors (Lipinski definition) is 0. The van der Waals surface area contributed by atoms with E-state index in [4.69, 9.17) is 0 Å².